The molecule has 0 radical (unpaired) electrons. The van der Waals surface area contributed by atoms with Crippen LogP contribution in [0.2, 0.25) is 0 Å². The molecule has 0 aliphatic rings. The predicted octanol–water partition coefficient (Wildman–Crippen LogP) is 2.48. The van der Waals surface area contributed by atoms with Crippen molar-refractivity contribution in [2.75, 3.05) is 4.83 Å². The number of sulfonamides is 1. The van der Waals surface area contributed by atoms with Gasteiger partial charge in [-0.15, -0.1) is 0 Å². The summed E-state index contributed by atoms with van der Waals surface area (Å²) in [5, 5.41) is 0. The van der Waals surface area contributed by atoms with E-state index in [-0.39, 0.29) is 4.90 Å². The Bertz CT molecular complexity index is 828. The summed E-state index contributed by atoms with van der Waals surface area (Å²) >= 11 is 0. The topological polar surface area (TPSA) is 64.0 Å². The highest BCUT2D eigenvalue weighted by molar-refractivity contribution is 7.92. The van der Waals surface area contributed by atoms with E-state index in [1.165, 1.54) is 4.68 Å². The lowest BCUT2D eigenvalue weighted by molar-refractivity contribution is 0.595. The fourth-order valence-corrected chi connectivity index (χ4v) is 3.00. The molecule has 0 saturated carbocycles. The molecule has 1 aromatic carbocycles. The van der Waals surface area contributed by atoms with E-state index < -0.39 is 10.0 Å². The summed E-state index contributed by atoms with van der Waals surface area (Å²) < 4.78 is 26.1. The number of nitrogens with zero attached hydrogens (tertiary/aromatic N) is 2. The molecule has 0 bridgehead atoms. The number of aromatic nitrogens is 2. The van der Waals surface area contributed by atoms with Crippen LogP contribution < -0.4 is 4.83 Å². The van der Waals surface area contributed by atoms with Crippen molar-refractivity contribution in [3.05, 3.63) is 73.1 Å². The van der Waals surface area contributed by atoms with Crippen molar-refractivity contribution in [2.24, 2.45) is 0 Å². The maximum Gasteiger partial charge on any atom is 0.275 e. The minimum absolute atomic E-state index is 0.214. The van der Waals surface area contributed by atoms with Crippen LogP contribution in [0.4, 0.5) is 0 Å². The van der Waals surface area contributed by atoms with Gasteiger partial charge in [-0.25, -0.2) is 4.83 Å². The average molecular weight is 299 g/mol. The molecule has 106 valence electrons. The predicted molar refractivity (Wildman–Crippen MR) is 80.7 cm³/mol. The van der Waals surface area contributed by atoms with Gasteiger partial charge in [0.05, 0.1) is 16.3 Å². The quantitative estimate of drug-likeness (QED) is 0.805. The summed E-state index contributed by atoms with van der Waals surface area (Å²) in [7, 11) is -3.63. The molecule has 3 aromatic rings. The monoisotopic (exact) mass is 299 g/mol. The molecule has 0 aliphatic heterocycles. The molecule has 2 aromatic heterocycles. The van der Waals surface area contributed by atoms with E-state index in [2.05, 4.69) is 9.82 Å². The van der Waals surface area contributed by atoms with E-state index >= 15 is 0 Å². The molecule has 0 unspecified atom stereocenters. The molecule has 5 nitrogen and oxygen atoms in total. The van der Waals surface area contributed by atoms with Gasteiger partial charge < -0.3 is 0 Å². The molecule has 0 saturated heterocycles. The molecule has 6 heteroatoms. The first-order valence-electron chi connectivity index (χ1n) is 6.33. The fraction of sp³-hybridized carbons (Fsp3) is 0. The normalized spacial score (nSPS) is 11.2. The lowest BCUT2D eigenvalue weighted by atomic mass is 10.3. The van der Waals surface area contributed by atoms with Gasteiger partial charge in [0.2, 0.25) is 0 Å². The Morgan fingerprint density at radius 2 is 1.67 bits per heavy atom. The Labute approximate surface area is 122 Å². The molecular weight excluding hydrogens is 286 g/mol. The van der Waals surface area contributed by atoms with E-state index in [4.69, 9.17) is 0 Å². The summed E-state index contributed by atoms with van der Waals surface area (Å²) in [6, 6.07) is 17.3. The summed E-state index contributed by atoms with van der Waals surface area (Å²) in [6.45, 7) is 0. The SMILES string of the molecule is O=S(=O)(Nn1cccc1-c1ccccn1)c1ccccc1. The molecule has 0 fully saturated rings. The van der Waals surface area contributed by atoms with E-state index in [0.717, 1.165) is 0 Å². The Hall–Kier alpha value is -2.60. The second-order valence-electron chi connectivity index (χ2n) is 4.39. The number of pyridine rings is 1. The zero-order chi connectivity index (χ0) is 14.7. The van der Waals surface area contributed by atoms with Crippen molar-refractivity contribution in [1.82, 2.24) is 9.66 Å². The maximum absolute atomic E-state index is 12.3. The van der Waals surface area contributed by atoms with E-state index in [1.807, 2.05) is 18.2 Å². The zero-order valence-corrected chi connectivity index (χ0v) is 11.9. The maximum atomic E-state index is 12.3. The van der Waals surface area contributed by atoms with Crippen molar-refractivity contribution >= 4 is 10.0 Å². The smallest absolute Gasteiger partial charge is 0.255 e. The zero-order valence-electron chi connectivity index (χ0n) is 11.0. The third-order valence-electron chi connectivity index (χ3n) is 2.95. The summed E-state index contributed by atoms with van der Waals surface area (Å²) in [4.78, 5) is 6.97. The summed E-state index contributed by atoms with van der Waals surface area (Å²) in [5.74, 6) is 0. The van der Waals surface area contributed by atoms with Crippen molar-refractivity contribution in [1.29, 1.82) is 0 Å². The standard InChI is InChI=1S/C15H13N3O2S/c19-21(20,13-7-2-1-3-8-13)17-18-12-6-10-15(18)14-9-4-5-11-16-14/h1-12,17H. The van der Waals surface area contributed by atoms with Crippen LogP contribution in [0.25, 0.3) is 11.4 Å². The van der Waals surface area contributed by atoms with Gasteiger partial charge in [-0.2, -0.15) is 8.42 Å². The molecule has 0 amide bonds. The first kappa shape index (κ1) is 13.4. The van der Waals surface area contributed by atoms with Crippen molar-refractivity contribution in [3.63, 3.8) is 0 Å². The summed E-state index contributed by atoms with van der Waals surface area (Å²) in [6.07, 6.45) is 3.31. The molecule has 3 rings (SSSR count). The van der Waals surface area contributed by atoms with Crippen LogP contribution in [0.3, 0.4) is 0 Å². The highest BCUT2D eigenvalue weighted by Crippen LogP contribution is 2.17. The molecule has 0 spiro atoms. The van der Waals surface area contributed by atoms with Crippen LogP contribution in [-0.4, -0.2) is 18.1 Å². The second kappa shape index (κ2) is 5.41. The third-order valence-corrected chi connectivity index (χ3v) is 4.28. The fourth-order valence-electron chi connectivity index (χ4n) is 1.97. The van der Waals surface area contributed by atoms with Crippen LogP contribution in [-0.2, 0) is 10.0 Å². The van der Waals surface area contributed by atoms with Crippen LogP contribution in [0.1, 0.15) is 0 Å². The minimum atomic E-state index is -3.63. The first-order valence-corrected chi connectivity index (χ1v) is 7.82. The van der Waals surface area contributed by atoms with Gasteiger partial charge in [0, 0.05) is 12.4 Å². The van der Waals surface area contributed by atoms with Crippen molar-refractivity contribution in [3.8, 4) is 11.4 Å². The first-order chi connectivity index (χ1) is 10.2. The largest absolute Gasteiger partial charge is 0.275 e. The van der Waals surface area contributed by atoms with Gasteiger partial charge in [-0.1, -0.05) is 24.3 Å². The summed E-state index contributed by atoms with van der Waals surface area (Å²) in [5.41, 5.74) is 1.37. The van der Waals surface area contributed by atoms with E-state index in [0.29, 0.717) is 11.4 Å². The van der Waals surface area contributed by atoms with Gasteiger partial charge in [0.15, 0.2) is 0 Å². The van der Waals surface area contributed by atoms with E-state index in [1.54, 1.807) is 54.9 Å². The van der Waals surface area contributed by atoms with Gasteiger partial charge in [0.25, 0.3) is 10.0 Å². The highest BCUT2D eigenvalue weighted by Gasteiger charge is 2.15. The number of hydrogen-bond donors (Lipinski definition) is 1. The molecule has 21 heavy (non-hydrogen) atoms. The molecule has 0 aliphatic carbocycles. The molecule has 0 atom stereocenters. The van der Waals surface area contributed by atoms with E-state index in [9.17, 15) is 8.42 Å². The van der Waals surface area contributed by atoms with Gasteiger partial charge in [-0.05, 0) is 36.4 Å². The van der Waals surface area contributed by atoms with Gasteiger partial charge in [-0.3, -0.25) is 9.66 Å². The van der Waals surface area contributed by atoms with Crippen LogP contribution >= 0.6 is 0 Å². The lowest BCUT2D eigenvalue weighted by Gasteiger charge is -2.12. The van der Waals surface area contributed by atoms with Crippen LogP contribution in [0.5, 0.6) is 0 Å². The average Bonchev–Trinajstić information content (AvgIpc) is 2.96. The second-order valence-corrected chi connectivity index (χ2v) is 6.05. The Balaban J connectivity index is 1.96. The molecule has 2 heterocycles. The Kier molecular flexibility index (Phi) is 3.45. The van der Waals surface area contributed by atoms with Crippen LogP contribution in [0, 0.1) is 0 Å². The van der Waals surface area contributed by atoms with Crippen molar-refractivity contribution in [2.45, 2.75) is 4.90 Å². The number of rotatable bonds is 4. The highest BCUT2D eigenvalue weighted by atomic mass is 32.2. The molecule has 1 N–H and O–H groups in total. The van der Waals surface area contributed by atoms with Crippen LogP contribution in [0.15, 0.2) is 78.0 Å². The number of nitrogens with one attached hydrogen (secondary N) is 1. The Morgan fingerprint density at radius 3 is 2.38 bits per heavy atom. The Morgan fingerprint density at radius 1 is 0.905 bits per heavy atom. The lowest BCUT2D eigenvalue weighted by Crippen LogP contribution is -2.23. The van der Waals surface area contributed by atoms with Gasteiger partial charge >= 0.3 is 0 Å². The molecular formula is C15H13N3O2S. The van der Waals surface area contributed by atoms with Crippen molar-refractivity contribution < 1.29 is 8.42 Å². The third kappa shape index (κ3) is 2.80. The van der Waals surface area contributed by atoms with Gasteiger partial charge in [0.1, 0.15) is 0 Å². The number of benzene rings is 1. The minimum Gasteiger partial charge on any atom is -0.255 e. The number of hydrogen-bond acceptors (Lipinski definition) is 3.